The predicted octanol–water partition coefficient (Wildman–Crippen LogP) is 1.77. The predicted molar refractivity (Wildman–Crippen MR) is 100 cm³/mol. The number of ether oxygens (including phenoxy) is 1. The fourth-order valence-corrected chi connectivity index (χ4v) is 2.37. The maximum atomic E-state index is 12.7. The number of benzene rings is 1. The van der Waals surface area contributed by atoms with Crippen molar-refractivity contribution in [3.63, 3.8) is 0 Å². The van der Waals surface area contributed by atoms with Crippen LogP contribution in [0.3, 0.4) is 0 Å². The minimum absolute atomic E-state index is 0.191. The molecule has 27 heavy (non-hydrogen) atoms. The summed E-state index contributed by atoms with van der Waals surface area (Å²) in [5, 5.41) is 14.1. The van der Waals surface area contributed by atoms with Crippen LogP contribution < -0.4 is 16.1 Å². The van der Waals surface area contributed by atoms with Gasteiger partial charge in [-0.15, -0.1) is 0 Å². The molecule has 3 amide bonds. The molecule has 1 rings (SSSR count). The van der Waals surface area contributed by atoms with Gasteiger partial charge in [0.1, 0.15) is 17.7 Å². The molecule has 1 aromatic carbocycles. The Kier molecular flexibility index (Phi) is 8.24. The van der Waals surface area contributed by atoms with Gasteiger partial charge < -0.3 is 15.4 Å². The molecule has 0 aliphatic heterocycles. The maximum Gasteiger partial charge on any atom is 0.408 e. The lowest BCUT2D eigenvalue weighted by molar-refractivity contribution is -0.135. The zero-order chi connectivity index (χ0) is 20.6. The van der Waals surface area contributed by atoms with E-state index in [4.69, 9.17) is 9.94 Å². The Bertz CT molecular complexity index is 640. The number of amides is 3. The second kappa shape index (κ2) is 9.91. The average Bonchev–Trinajstić information content (AvgIpc) is 2.57. The Morgan fingerprint density at radius 1 is 1.04 bits per heavy atom. The number of hydrogen-bond donors (Lipinski definition) is 4. The van der Waals surface area contributed by atoms with Crippen LogP contribution in [0.1, 0.15) is 40.2 Å². The van der Waals surface area contributed by atoms with Crippen molar-refractivity contribution in [3.8, 4) is 0 Å². The topological polar surface area (TPSA) is 117 Å². The van der Waals surface area contributed by atoms with Crippen molar-refractivity contribution in [2.45, 2.75) is 58.7 Å². The molecule has 0 spiro atoms. The number of alkyl carbamates (subject to hydrolysis) is 1. The fourth-order valence-electron chi connectivity index (χ4n) is 2.37. The lowest BCUT2D eigenvalue weighted by atomic mass is 10.0. The standard InChI is InChI=1S/C19H29N3O5/c1-12(2)15(21-18(25)27-19(3,4)5)17(24)20-14(16(23)22-26)11-13-9-7-6-8-10-13/h6-10,12,14-15,26H,11H2,1-5H3,(H,20,24)(H,21,25)(H,22,23)/t14-,15-/m0/s1. The van der Waals surface area contributed by atoms with Crippen LogP contribution in [-0.4, -0.2) is 40.8 Å². The minimum atomic E-state index is -0.994. The summed E-state index contributed by atoms with van der Waals surface area (Å²) in [6.07, 6.45) is -0.529. The van der Waals surface area contributed by atoms with Crippen LogP contribution in [-0.2, 0) is 20.7 Å². The lowest BCUT2D eigenvalue weighted by Gasteiger charge is -2.26. The molecule has 8 heteroatoms. The largest absolute Gasteiger partial charge is 0.444 e. The molecule has 0 fully saturated rings. The number of carbonyl (C=O) groups excluding carboxylic acids is 3. The first-order chi connectivity index (χ1) is 12.5. The Hall–Kier alpha value is -2.61. The van der Waals surface area contributed by atoms with Crippen molar-refractivity contribution < 1.29 is 24.3 Å². The molecule has 0 aliphatic carbocycles. The minimum Gasteiger partial charge on any atom is -0.444 e. The second-order valence-electron chi connectivity index (χ2n) is 7.59. The van der Waals surface area contributed by atoms with Crippen molar-refractivity contribution in [1.82, 2.24) is 16.1 Å². The van der Waals surface area contributed by atoms with Crippen molar-refractivity contribution in [1.29, 1.82) is 0 Å². The highest BCUT2D eigenvalue weighted by Gasteiger charge is 2.30. The highest BCUT2D eigenvalue weighted by Crippen LogP contribution is 2.10. The van der Waals surface area contributed by atoms with Crippen LogP contribution >= 0.6 is 0 Å². The van der Waals surface area contributed by atoms with E-state index < -0.39 is 35.6 Å². The van der Waals surface area contributed by atoms with E-state index in [1.807, 2.05) is 30.3 Å². The van der Waals surface area contributed by atoms with E-state index in [-0.39, 0.29) is 12.3 Å². The number of nitrogens with one attached hydrogen (secondary N) is 3. The second-order valence-corrected chi connectivity index (χ2v) is 7.59. The third-order valence-electron chi connectivity index (χ3n) is 3.65. The Labute approximate surface area is 159 Å². The van der Waals surface area contributed by atoms with E-state index in [0.717, 1.165) is 5.56 Å². The molecule has 2 atom stereocenters. The number of rotatable bonds is 7. The van der Waals surface area contributed by atoms with E-state index >= 15 is 0 Å². The van der Waals surface area contributed by atoms with Crippen molar-refractivity contribution in [3.05, 3.63) is 35.9 Å². The van der Waals surface area contributed by atoms with Gasteiger partial charge in [-0.1, -0.05) is 44.2 Å². The summed E-state index contributed by atoms with van der Waals surface area (Å²) in [6, 6.07) is 7.18. The highest BCUT2D eigenvalue weighted by atomic mass is 16.6. The smallest absolute Gasteiger partial charge is 0.408 e. The van der Waals surface area contributed by atoms with Gasteiger partial charge in [0.2, 0.25) is 5.91 Å². The van der Waals surface area contributed by atoms with E-state index in [2.05, 4.69) is 10.6 Å². The van der Waals surface area contributed by atoms with Gasteiger partial charge in [-0.3, -0.25) is 14.8 Å². The summed E-state index contributed by atoms with van der Waals surface area (Å²) in [4.78, 5) is 36.6. The zero-order valence-electron chi connectivity index (χ0n) is 16.4. The third kappa shape index (κ3) is 8.08. The van der Waals surface area contributed by atoms with Gasteiger partial charge in [-0.05, 0) is 32.3 Å². The van der Waals surface area contributed by atoms with Crippen LogP contribution in [0.4, 0.5) is 4.79 Å². The Morgan fingerprint density at radius 3 is 2.11 bits per heavy atom. The fraction of sp³-hybridized carbons (Fsp3) is 0.526. The molecule has 0 saturated carbocycles. The zero-order valence-corrected chi connectivity index (χ0v) is 16.4. The lowest BCUT2D eigenvalue weighted by Crippen LogP contribution is -2.56. The summed E-state index contributed by atoms with van der Waals surface area (Å²) in [7, 11) is 0. The van der Waals surface area contributed by atoms with Crippen molar-refractivity contribution in [2.24, 2.45) is 5.92 Å². The van der Waals surface area contributed by atoms with E-state index in [1.54, 1.807) is 40.1 Å². The van der Waals surface area contributed by atoms with E-state index in [9.17, 15) is 14.4 Å². The molecule has 150 valence electrons. The van der Waals surface area contributed by atoms with Gasteiger partial charge in [0.25, 0.3) is 5.91 Å². The molecule has 4 N–H and O–H groups in total. The molecule has 1 aromatic rings. The Morgan fingerprint density at radius 2 is 1.63 bits per heavy atom. The van der Waals surface area contributed by atoms with Crippen LogP contribution in [0.15, 0.2) is 30.3 Å². The number of hydroxylamine groups is 1. The van der Waals surface area contributed by atoms with Crippen molar-refractivity contribution >= 4 is 17.9 Å². The molecule has 0 unspecified atom stereocenters. The number of carbonyl (C=O) groups is 3. The van der Waals surface area contributed by atoms with Crippen LogP contribution in [0.25, 0.3) is 0 Å². The van der Waals surface area contributed by atoms with Crippen molar-refractivity contribution in [2.75, 3.05) is 0 Å². The monoisotopic (exact) mass is 379 g/mol. The molecule has 0 aliphatic rings. The quantitative estimate of drug-likeness (QED) is 0.425. The third-order valence-corrected chi connectivity index (χ3v) is 3.65. The van der Waals surface area contributed by atoms with E-state index in [1.165, 1.54) is 0 Å². The van der Waals surface area contributed by atoms with Gasteiger partial charge in [0.05, 0.1) is 0 Å². The number of hydrogen-bond acceptors (Lipinski definition) is 5. The van der Waals surface area contributed by atoms with Crippen LogP contribution in [0, 0.1) is 5.92 Å². The highest BCUT2D eigenvalue weighted by molar-refractivity contribution is 5.91. The summed E-state index contributed by atoms with van der Waals surface area (Å²) in [5.74, 6) is -1.53. The molecule has 8 nitrogen and oxygen atoms in total. The first kappa shape index (κ1) is 22.4. The molecule has 0 heterocycles. The normalized spacial score (nSPS) is 13.4. The average molecular weight is 379 g/mol. The van der Waals surface area contributed by atoms with Gasteiger partial charge in [0.15, 0.2) is 0 Å². The van der Waals surface area contributed by atoms with Gasteiger partial charge in [-0.2, -0.15) is 0 Å². The van der Waals surface area contributed by atoms with Crippen LogP contribution in [0.2, 0.25) is 0 Å². The maximum absolute atomic E-state index is 12.7. The molecule has 0 saturated heterocycles. The molecular weight excluding hydrogens is 350 g/mol. The van der Waals surface area contributed by atoms with Gasteiger partial charge in [0, 0.05) is 6.42 Å². The van der Waals surface area contributed by atoms with Crippen LogP contribution in [0.5, 0.6) is 0 Å². The SMILES string of the molecule is CC(C)[C@H](NC(=O)OC(C)(C)C)C(=O)N[C@@H](Cc1ccccc1)C(=O)NO. The summed E-state index contributed by atoms with van der Waals surface area (Å²) >= 11 is 0. The van der Waals surface area contributed by atoms with Gasteiger partial charge in [-0.25, -0.2) is 10.3 Å². The first-order valence-corrected chi connectivity index (χ1v) is 8.81. The Balaban J connectivity index is 2.85. The summed E-state index contributed by atoms with van der Waals surface area (Å²) < 4.78 is 5.19. The van der Waals surface area contributed by atoms with E-state index in [0.29, 0.717) is 0 Å². The van der Waals surface area contributed by atoms with Gasteiger partial charge >= 0.3 is 6.09 Å². The molecule has 0 aromatic heterocycles. The molecular formula is C19H29N3O5. The summed E-state index contributed by atoms with van der Waals surface area (Å²) in [5.41, 5.74) is 1.68. The first-order valence-electron chi connectivity index (χ1n) is 8.81. The molecule has 0 bridgehead atoms. The summed E-state index contributed by atoms with van der Waals surface area (Å²) in [6.45, 7) is 8.69. The molecule has 0 radical (unpaired) electrons.